The zero-order valence-electron chi connectivity index (χ0n) is 18.7. The van der Waals surface area contributed by atoms with Crippen molar-refractivity contribution in [3.05, 3.63) is 35.4 Å². The highest BCUT2D eigenvalue weighted by Gasteiger charge is 2.25. The molecule has 0 radical (unpaired) electrons. The van der Waals surface area contributed by atoms with Crippen molar-refractivity contribution in [3.63, 3.8) is 0 Å². The fraction of sp³-hybridized carbons (Fsp3) is 0.682. The van der Waals surface area contributed by atoms with Crippen LogP contribution in [0.25, 0.3) is 0 Å². The number of rotatable bonds is 11. The zero-order valence-corrected chi connectivity index (χ0v) is 19.5. The molecule has 0 atom stereocenters. The van der Waals surface area contributed by atoms with E-state index in [0.717, 1.165) is 42.5 Å². The Morgan fingerprint density at radius 2 is 1.83 bits per heavy atom. The molecule has 0 saturated carbocycles. The number of sulfonamides is 1. The topological polar surface area (TPSA) is 83.0 Å². The summed E-state index contributed by atoms with van der Waals surface area (Å²) in [5, 5.41) is 6.65. The van der Waals surface area contributed by atoms with Gasteiger partial charge in [0.25, 0.3) is 0 Å². The first-order valence-corrected chi connectivity index (χ1v) is 12.7. The molecule has 1 heterocycles. The minimum absolute atomic E-state index is 0.00212. The molecule has 1 aliphatic heterocycles. The standard InChI is InChI=1S/C22H38N4O3S/c1-4-23-22(24-12-8-7-9-19(2)3)25-17-20-10-5-6-11-21(20)18-30(27,28)26-13-15-29-16-14-26/h5-6,10-11,19H,4,7-9,12-18H2,1-3H3,(H2,23,24,25). The largest absolute Gasteiger partial charge is 0.379 e. The molecular weight excluding hydrogens is 400 g/mol. The van der Waals surface area contributed by atoms with Crippen molar-refractivity contribution < 1.29 is 13.2 Å². The van der Waals surface area contributed by atoms with Gasteiger partial charge in [0.1, 0.15) is 0 Å². The lowest BCUT2D eigenvalue weighted by molar-refractivity contribution is 0.0729. The van der Waals surface area contributed by atoms with E-state index in [4.69, 9.17) is 4.74 Å². The average Bonchev–Trinajstić information content (AvgIpc) is 2.73. The van der Waals surface area contributed by atoms with Gasteiger partial charge in [-0.05, 0) is 30.4 Å². The highest BCUT2D eigenvalue weighted by atomic mass is 32.2. The Morgan fingerprint density at radius 3 is 2.50 bits per heavy atom. The summed E-state index contributed by atoms with van der Waals surface area (Å²) >= 11 is 0. The van der Waals surface area contributed by atoms with Crippen molar-refractivity contribution in [2.24, 2.45) is 10.9 Å². The van der Waals surface area contributed by atoms with Gasteiger partial charge in [0.2, 0.25) is 10.0 Å². The quantitative estimate of drug-likeness (QED) is 0.315. The third-order valence-corrected chi connectivity index (χ3v) is 6.90. The first-order chi connectivity index (χ1) is 14.4. The highest BCUT2D eigenvalue weighted by Crippen LogP contribution is 2.17. The van der Waals surface area contributed by atoms with Crippen LogP contribution in [0.1, 0.15) is 51.2 Å². The molecule has 1 aromatic rings. The number of aliphatic imine (C=N–C) groups is 1. The number of ether oxygens (including phenoxy) is 1. The smallest absolute Gasteiger partial charge is 0.218 e. The summed E-state index contributed by atoms with van der Waals surface area (Å²) in [5.74, 6) is 1.50. The fourth-order valence-corrected chi connectivity index (χ4v) is 4.92. The van der Waals surface area contributed by atoms with E-state index in [0.29, 0.717) is 32.8 Å². The molecular formula is C22H38N4O3S. The third-order valence-electron chi connectivity index (χ3n) is 5.07. The first kappa shape index (κ1) is 24.6. The molecule has 170 valence electrons. The van der Waals surface area contributed by atoms with Crippen LogP contribution < -0.4 is 10.6 Å². The lowest BCUT2D eigenvalue weighted by Crippen LogP contribution is -2.41. The first-order valence-electron chi connectivity index (χ1n) is 11.1. The Kier molecular flexibility index (Phi) is 10.6. The summed E-state index contributed by atoms with van der Waals surface area (Å²) in [6.07, 6.45) is 3.55. The predicted molar refractivity (Wildman–Crippen MR) is 123 cm³/mol. The molecule has 0 aromatic heterocycles. The SMILES string of the molecule is CCNC(=NCc1ccccc1CS(=O)(=O)N1CCOCC1)NCCCCC(C)C. The minimum Gasteiger partial charge on any atom is -0.379 e. The number of unbranched alkanes of at least 4 members (excludes halogenated alkanes) is 1. The number of morpholine rings is 1. The summed E-state index contributed by atoms with van der Waals surface area (Å²) < 4.78 is 32.4. The van der Waals surface area contributed by atoms with E-state index in [1.165, 1.54) is 17.1 Å². The molecule has 1 fully saturated rings. The third kappa shape index (κ3) is 8.62. The second-order valence-corrected chi connectivity index (χ2v) is 10.0. The molecule has 0 amide bonds. The molecule has 1 aliphatic rings. The highest BCUT2D eigenvalue weighted by molar-refractivity contribution is 7.88. The Morgan fingerprint density at radius 1 is 1.13 bits per heavy atom. The maximum Gasteiger partial charge on any atom is 0.218 e. The number of guanidine groups is 1. The van der Waals surface area contributed by atoms with E-state index in [2.05, 4.69) is 29.5 Å². The van der Waals surface area contributed by atoms with Crippen molar-refractivity contribution in [2.75, 3.05) is 39.4 Å². The number of hydrogen-bond acceptors (Lipinski definition) is 4. The second kappa shape index (κ2) is 12.9. The molecule has 0 aliphatic carbocycles. The van der Waals surface area contributed by atoms with Crippen molar-refractivity contribution in [2.45, 2.75) is 52.3 Å². The minimum atomic E-state index is -3.36. The van der Waals surface area contributed by atoms with Gasteiger partial charge in [-0.25, -0.2) is 13.4 Å². The summed E-state index contributed by atoms with van der Waals surface area (Å²) in [6, 6.07) is 7.66. The van der Waals surface area contributed by atoms with Crippen LogP contribution in [0, 0.1) is 5.92 Å². The Hall–Kier alpha value is -1.64. The molecule has 0 unspecified atom stereocenters. The molecule has 7 nitrogen and oxygen atoms in total. The molecule has 1 aromatic carbocycles. The van der Waals surface area contributed by atoms with Crippen molar-refractivity contribution in [1.82, 2.24) is 14.9 Å². The summed E-state index contributed by atoms with van der Waals surface area (Å²) in [5.41, 5.74) is 1.74. The fourth-order valence-electron chi connectivity index (χ4n) is 3.36. The zero-order chi connectivity index (χ0) is 21.8. The van der Waals surface area contributed by atoms with Crippen LogP contribution in [0.3, 0.4) is 0 Å². The maximum absolute atomic E-state index is 12.8. The Labute approximate surface area is 182 Å². The van der Waals surface area contributed by atoms with Gasteiger partial charge in [-0.1, -0.05) is 51.0 Å². The van der Waals surface area contributed by atoms with E-state index in [-0.39, 0.29) is 5.75 Å². The lowest BCUT2D eigenvalue weighted by atomic mass is 10.1. The van der Waals surface area contributed by atoms with Gasteiger partial charge < -0.3 is 15.4 Å². The number of nitrogens with one attached hydrogen (secondary N) is 2. The van der Waals surface area contributed by atoms with E-state index >= 15 is 0 Å². The lowest BCUT2D eigenvalue weighted by Gasteiger charge is -2.26. The van der Waals surface area contributed by atoms with Gasteiger partial charge >= 0.3 is 0 Å². The average molecular weight is 439 g/mol. The normalized spacial score (nSPS) is 16.1. The van der Waals surface area contributed by atoms with Crippen LogP contribution >= 0.6 is 0 Å². The predicted octanol–water partition coefficient (Wildman–Crippen LogP) is 2.73. The van der Waals surface area contributed by atoms with Crippen LogP contribution in [0.4, 0.5) is 0 Å². The van der Waals surface area contributed by atoms with Crippen molar-refractivity contribution in [1.29, 1.82) is 0 Å². The van der Waals surface area contributed by atoms with Gasteiger partial charge in [0.05, 0.1) is 25.5 Å². The molecule has 2 rings (SSSR count). The molecule has 0 spiro atoms. The number of hydrogen-bond donors (Lipinski definition) is 2. The van der Waals surface area contributed by atoms with Gasteiger partial charge in [0.15, 0.2) is 5.96 Å². The Balaban J connectivity index is 1.98. The van der Waals surface area contributed by atoms with Crippen LogP contribution in [0.5, 0.6) is 0 Å². The van der Waals surface area contributed by atoms with Crippen LogP contribution in [0.2, 0.25) is 0 Å². The van der Waals surface area contributed by atoms with Crippen molar-refractivity contribution >= 4 is 16.0 Å². The van der Waals surface area contributed by atoms with E-state index < -0.39 is 10.0 Å². The van der Waals surface area contributed by atoms with Crippen LogP contribution in [-0.2, 0) is 27.1 Å². The van der Waals surface area contributed by atoms with Gasteiger partial charge in [0, 0.05) is 26.2 Å². The van der Waals surface area contributed by atoms with Crippen LogP contribution in [-0.4, -0.2) is 58.1 Å². The second-order valence-electron chi connectivity index (χ2n) is 8.05. The van der Waals surface area contributed by atoms with Gasteiger partial charge in [-0.3, -0.25) is 0 Å². The Bertz CT molecular complexity index is 759. The number of nitrogens with zero attached hydrogens (tertiary/aromatic N) is 2. The van der Waals surface area contributed by atoms with E-state index in [1.54, 1.807) is 0 Å². The molecule has 0 bridgehead atoms. The maximum atomic E-state index is 12.8. The van der Waals surface area contributed by atoms with Crippen molar-refractivity contribution in [3.8, 4) is 0 Å². The molecule has 8 heteroatoms. The monoisotopic (exact) mass is 438 g/mol. The summed E-state index contributed by atoms with van der Waals surface area (Å²) in [6.45, 7) is 10.4. The van der Waals surface area contributed by atoms with Crippen LogP contribution in [0.15, 0.2) is 29.3 Å². The van der Waals surface area contributed by atoms with Gasteiger partial charge in [-0.15, -0.1) is 0 Å². The molecule has 30 heavy (non-hydrogen) atoms. The van der Waals surface area contributed by atoms with E-state index in [1.807, 2.05) is 31.2 Å². The summed E-state index contributed by atoms with van der Waals surface area (Å²) in [4.78, 5) is 4.69. The van der Waals surface area contributed by atoms with E-state index in [9.17, 15) is 8.42 Å². The number of benzene rings is 1. The molecule has 2 N–H and O–H groups in total. The van der Waals surface area contributed by atoms with Gasteiger partial charge in [-0.2, -0.15) is 4.31 Å². The summed E-state index contributed by atoms with van der Waals surface area (Å²) in [7, 11) is -3.36. The molecule has 1 saturated heterocycles.